The summed E-state index contributed by atoms with van der Waals surface area (Å²) in [4.78, 5) is 2.49. The van der Waals surface area contributed by atoms with Gasteiger partial charge >= 0.3 is 0 Å². The summed E-state index contributed by atoms with van der Waals surface area (Å²) in [7, 11) is 0. The Morgan fingerprint density at radius 2 is 2.14 bits per heavy atom. The zero-order chi connectivity index (χ0) is 15.7. The number of nitrogens with zero attached hydrogens (tertiary/aromatic N) is 3. The van der Waals surface area contributed by atoms with E-state index in [-0.39, 0.29) is 5.41 Å². The van der Waals surface area contributed by atoms with Crippen molar-refractivity contribution < 1.29 is 4.52 Å². The fourth-order valence-electron chi connectivity index (χ4n) is 3.10. The topological polar surface area (TPSA) is 58.0 Å². The summed E-state index contributed by atoms with van der Waals surface area (Å²) < 4.78 is 5.27. The Morgan fingerprint density at radius 3 is 2.77 bits per heavy atom. The minimum absolute atomic E-state index is 0.0826. The summed E-state index contributed by atoms with van der Waals surface area (Å²) in [6, 6.07) is 4.61. The highest BCUT2D eigenvalue weighted by Crippen LogP contribution is 2.32. The Morgan fingerprint density at radius 1 is 1.32 bits per heavy atom. The van der Waals surface area contributed by atoms with Crippen LogP contribution in [0.4, 0.5) is 0 Å². The quantitative estimate of drug-likeness (QED) is 0.938. The monoisotopic (exact) mass is 302 g/mol. The number of hydrogen-bond acceptors (Lipinski definition) is 4. The molecule has 0 spiro atoms. The van der Waals surface area contributed by atoms with Gasteiger partial charge in [0.05, 0.1) is 11.7 Å². The predicted octanol–water partition coefficient (Wildman–Crippen LogP) is 3.73. The molecule has 1 atom stereocenters. The molecule has 1 aliphatic rings. The molecule has 0 unspecified atom stereocenters. The number of aromatic nitrogens is 3. The number of hydrogen-bond donors (Lipinski definition) is 1. The van der Waals surface area contributed by atoms with Gasteiger partial charge in [0.25, 0.3) is 0 Å². The Kier molecular flexibility index (Phi) is 4.08. The van der Waals surface area contributed by atoms with Crippen molar-refractivity contribution in [2.24, 2.45) is 0 Å². The molecule has 2 aromatic rings. The lowest BCUT2D eigenvalue weighted by atomic mass is 9.92. The maximum absolute atomic E-state index is 5.27. The molecule has 2 aromatic heterocycles. The van der Waals surface area contributed by atoms with Crippen LogP contribution in [0.15, 0.2) is 16.7 Å². The van der Waals surface area contributed by atoms with Gasteiger partial charge in [-0.1, -0.05) is 32.3 Å². The summed E-state index contributed by atoms with van der Waals surface area (Å²) >= 11 is 0. The normalized spacial score (nSPS) is 20.5. The van der Waals surface area contributed by atoms with E-state index in [0.717, 1.165) is 36.7 Å². The van der Waals surface area contributed by atoms with Gasteiger partial charge < -0.3 is 4.52 Å². The molecular formula is C17H26N4O. The van der Waals surface area contributed by atoms with Crippen LogP contribution in [0.1, 0.15) is 68.9 Å². The van der Waals surface area contributed by atoms with Crippen molar-refractivity contribution >= 4 is 0 Å². The highest BCUT2D eigenvalue weighted by atomic mass is 16.5. The van der Waals surface area contributed by atoms with E-state index < -0.39 is 0 Å². The molecular weight excluding hydrogens is 276 g/mol. The van der Waals surface area contributed by atoms with Crippen molar-refractivity contribution in [2.45, 2.75) is 65.0 Å². The molecule has 5 heteroatoms. The third-order valence-corrected chi connectivity index (χ3v) is 4.37. The average Bonchev–Trinajstić information content (AvgIpc) is 3.08. The Hall–Kier alpha value is -1.62. The van der Waals surface area contributed by atoms with E-state index in [2.05, 4.69) is 53.2 Å². The lowest BCUT2D eigenvalue weighted by Gasteiger charge is -2.33. The molecule has 1 saturated heterocycles. The minimum Gasteiger partial charge on any atom is -0.361 e. The van der Waals surface area contributed by atoms with Gasteiger partial charge in [0.15, 0.2) is 0 Å². The highest BCUT2D eigenvalue weighted by Gasteiger charge is 2.27. The Labute approximate surface area is 132 Å². The molecule has 0 aliphatic carbocycles. The first-order valence-corrected chi connectivity index (χ1v) is 8.15. The van der Waals surface area contributed by atoms with Crippen LogP contribution in [0.2, 0.25) is 0 Å². The van der Waals surface area contributed by atoms with Crippen molar-refractivity contribution in [3.63, 3.8) is 0 Å². The molecule has 0 amide bonds. The van der Waals surface area contributed by atoms with E-state index in [1.54, 1.807) is 0 Å². The van der Waals surface area contributed by atoms with E-state index in [1.165, 1.54) is 18.5 Å². The van der Waals surface area contributed by atoms with Gasteiger partial charge in [0.2, 0.25) is 0 Å². The Bertz CT molecular complexity index is 623. The number of likely N-dealkylation sites (tertiary alicyclic amines) is 1. The SMILES string of the molecule is Cc1cc([C@@H]2CCCCN2Cc2cc(C(C)(C)C)n[nH]2)no1. The molecule has 3 rings (SSSR count). The molecule has 120 valence electrons. The van der Waals surface area contributed by atoms with E-state index in [1.807, 2.05) is 6.92 Å². The predicted molar refractivity (Wildman–Crippen MR) is 85.5 cm³/mol. The molecule has 5 nitrogen and oxygen atoms in total. The molecule has 3 heterocycles. The highest BCUT2D eigenvalue weighted by molar-refractivity contribution is 5.17. The van der Waals surface area contributed by atoms with Gasteiger partial charge in [0.1, 0.15) is 11.5 Å². The second-order valence-corrected chi connectivity index (χ2v) is 7.37. The first-order chi connectivity index (χ1) is 10.4. The number of aromatic amines is 1. The lowest BCUT2D eigenvalue weighted by Crippen LogP contribution is -2.33. The number of nitrogens with one attached hydrogen (secondary N) is 1. The summed E-state index contributed by atoms with van der Waals surface area (Å²) in [6.07, 6.45) is 3.64. The third kappa shape index (κ3) is 3.24. The van der Waals surface area contributed by atoms with Crippen LogP contribution in [0.5, 0.6) is 0 Å². The maximum atomic E-state index is 5.27. The number of aryl methyl sites for hydroxylation is 1. The van der Waals surface area contributed by atoms with Gasteiger partial charge in [-0.15, -0.1) is 0 Å². The first-order valence-electron chi connectivity index (χ1n) is 8.15. The van der Waals surface area contributed by atoms with Crippen molar-refractivity contribution in [1.82, 2.24) is 20.3 Å². The standard InChI is InChI=1S/C17H26N4O/c1-12-9-14(20-22-12)15-7-5-6-8-21(15)11-13-10-16(19-18-13)17(2,3)4/h9-10,15H,5-8,11H2,1-4H3,(H,18,19)/t15-/m0/s1. The largest absolute Gasteiger partial charge is 0.361 e. The fourth-order valence-corrected chi connectivity index (χ4v) is 3.10. The Balaban J connectivity index is 1.75. The summed E-state index contributed by atoms with van der Waals surface area (Å²) in [5.41, 5.74) is 3.44. The molecule has 0 aromatic carbocycles. The van der Waals surface area contributed by atoms with E-state index in [4.69, 9.17) is 4.52 Å². The molecule has 22 heavy (non-hydrogen) atoms. The van der Waals surface area contributed by atoms with Crippen molar-refractivity contribution in [1.29, 1.82) is 0 Å². The summed E-state index contributed by atoms with van der Waals surface area (Å²) in [5.74, 6) is 0.886. The molecule has 1 aliphatic heterocycles. The molecule has 0 bridgehead atoms. The zero-order valence-corrected chi connectivity index (χ0v) is 14.0. The van der Waals surface area contributed by atoms with Gasteiger partial charge in [0, 0.05) is 23.7 Å². The van der Waals surface area contributed by atoms with Crippen molar-refractivity contribution in [3.8, 4) is 0 Å². The van der Waals surface area contributed by atoms with Crippen molar-refractivity contribution in [3.05, 3.63) is 35.0 Å². The van der Waals surface area contributed by atoms with Crippen LogP contribution in [-0.2, 0) is 12.0 Å². The second kappa shape index (κ2) is 5.88. The van der Waals surface area contributed by atoms with E-state index in [0.29, 0.717) is 6.04 Å². The van der Waals surface area contributed by atoms with Crippen LogP contribution in [0, 0.1) is 6.92 Å². The van der Waals surface area contributed by atoms with Crippen LogP contribution in [-0.4, -0.2) is 26.8 Å². The van der Waals surface area contributed by atoms with Gasteiger partial charge in [-0.3, -0.25) is 10.00 Å². The van der Waals surface area contributed by atoms with Gasteiger partial charge in [-0.05, 0) is 32.4 Å². The van der Waals surface area contributed by atoms with Gasteiger partial charge in [-0.25, -0.2) is 0 Å². The molecule has 1 fully saturated rings. The van der Waals surface area contributed by atoms with E-state index >= 15 is 0 Å². The van der Waals surface area contributed by atoms with E-state index in [9.17, 15) is 0 Å². The third-order valence-electron chi connectivity index (χ3n) is 4.37. The van der Waals surface area contributed by atoms with Crippen LogP contribution in [0.3, 0.4) is 0 Å². The summed E-state index contributed by atoms with van der Waals surface area (Å²) in [5, 5.41) is 11.9. The zero-order valence-electron chi connectivity index (χ0n) is 14.0. The number of piperidine rings is 1. The lowest BCUT2D eigenvalue weighted by molar-refractivity contribution is 0.132. The molecule has 1 N–H and O–H groups in total. The fraction of sp³-hybridized carbons (Fsp3) is 0.647. The first kappa shape index (κ1) is 15.3. The molecule has 0 saturated carbocycles. The number of rotatable bonds is 3. The van der Waals surface area contributed by atoms with Crippen LogP contribution >= 0.6 is 0 Å². The molecule has 0 radical (unpaired) electrons. The summed E-state index contributed by atoms with van der Waals surface area (Å²) in [6.45, 7) is 10.5. The average molecular weight is 302 g/mol. The minimum atomic E-state index is 0.0826. The number of H-pyrrole nitrogens is 1. The van der Waals surface area contributed by atoms with Crippen molar-refractivity contribution in [2.75, 3.05) is 6.54 Å². The van der Waals surface area contributed by atoms with Crippen LogP contribution < -0.4 is 0 Å². The second-order valence-electron chi connectivity index (χ2n) is 7.37. The van der Waals surface area contributed by atoms with Crippen LogP contribution in [0.25, 0.3) is 0 Å². The van der Waals surface area contributed by atoms with Gasteiger partial charge in [-0.2, -0.15) is 5.10 Å². The smallest absolute Gasteiger partial charge is 0.133 e. The maximum Gasteiger partial charge on any atom is 0.133 e.